The molecule has 2 heterocycles. The van der Waals surface area contributed by atoms with Gasteiger partial charge in [0.25, 0.3) is 0 Å². The highest BCUT2D eigenvalue weighted by Crippen LogP contribution is 2.36. The molecule has 0 aromatic carbocycles. The Kier molecular flexibility index (Phi) is 1.53. The molecule has 3 atom stereocenters. The number of likely N-dealkylation sites (N-methyl/N-ethyl adjacent to an activating group) is 1. The van der Waals surface area contributed by atoms with Gasteiger partial charge in [0, 0.05) is 12.5 Å². The monoisotopic (exact) mass is 153 g/mol. The molecule has 0 aliphatic carbocycles. The summed E-state index contributed by atoms with van der Waals surface area (Å²) in [7, 11) is 2.09. The van der Waals surface area contributed by atoms with E-state index in [0.717, 1.165) is 25.2 Å². The van der Waals surface area contributed by atoms with Gasteiger partial charge in [-0.1, -0.05) is 6.92 Å². The van der Waals surface area contributed by atoms with Gasteiger partial charge in [-0.3, -0.25) is 9.69 Å². The van der Waals surface area contributed by atoms with Crippen molar-refractivity contribution in [1.29, 1.82) is 0 Å². The second-order valence-corrected chi connectivity index (χ2v) is 3.97. The summed E-state index contributed by atoms with van der Waals surface area (Å²) >= 11 is 0. The van der Waals surface area contributed by atoms with Crippen molar-refractivity contribution in [2.75, 3.05) is 7.05 Å². The molecule has 0 amide bonds. The second kappa shape index (κ2) is 2.31. The van der Waals surface area contributed by atoms with Crippen LogP contribution in [0.5, 0.6) is 0 Å². The predicted octanol–water partition coefficient (Wildman–Crippen LogP) is 1.06. The summed E-state index contributed by atoms with van der Waals surface area (Å²) < 4.78 is 0. The Morgan fingerprint density at radius 1 is 1.55 bits per heavy atom. The van der Waals surface area contributed by atoms with E-state index in [-0.39, 0.29) is 6.04 Å². The molecule has 2 rings (SSSR count). The number of hydrogen-bond acceptors (Lipinski definition) is 2. The number of nitrogens with zero attached hydrogens (tertiary/aromatic N) is 1. The van der Waals surface area contributed by atoms with Crippen molar-refractivity contribution in [3.63, 3.8) is 0 Å². The number of Topliss-reactive ketones (excluding diaryl/α,β-unsaturated/α-hetero) is 1. The van der Waals surface area contributed by atoms with Crippen LogP contribution in [0, 0.1) is 5.92 Å². The summed E-state index contributed by atoms with van der Waals surface area (Å²) in [5.41, 5.74) is 0. The zero-order valence-electron chi connectivity index (χ0n) is 7.21. The van der Waals surface area contributed by atoms with E-state index >= 15 is 0 Å². The highest BCUT2D eigenvalue weighted by Gasteiger charge is 2.43. The fraction of sp³-hybridized carbons (Fsp3) is 0.889. The van der Waals surface area contributed by atoms with E-state index in [1.807, 2.05) is 0 Å². The molecule has 2 aliphatic rings. The third-order valence-electron chi connectivity index (χ3n) is 3.32. The standard InChI is InChI=1S/C9H15NO/c1-6-5-8-9(11)4-3-7(6)10(8)2/h6-8H,3-5H2,1-2H3/t6-,7-,8-/m1/s1. The minimum atomic E-state index is 0.267. The Hall–Kier alpha value is -0.370. The van der Waals surface area contributed by atoms with Gasteiger partial charge in [-0.05, 0) is 25.8 Å². The summed E-state index contributed by atoms with van der Waals surface area (Å²) in [4.78, 5) is 13.6. The lowest BCUT2D eigenvalue weighted by atomic mass is 10.00. The van der Waals surface area contributed by atoms with E-state index in [4.69, 9.17) is 0 Å². The molecule has 62 valence electrons. The van der Waals surface area contributed by atoms with Crippen LogP contribution in [0.3, 0.4) is 0 Å². The third kappa shape index (κ3) is 0.924. The first-order chi connectivity index (χ1) is 5.20. The average molecular weight is 153 g/mol. The molecule has 0 aromatic heterocycles. The van der Waals surface area contributed by atoms with Crippen molar-refractivity contribution in [2.45, 2.75) is 38.3 Å². The number of carbonyl (C=O) groups excluding carboxylic acids is 1. The zero-order chi connectivity index (χ0) is 8.01. The van der Waals surface area contributed by atoms with Gasteiger partial charge in [-0.15, -0.1) is 0 Å². The van der Waals surface area contributed by atoms with E-state index in [1.165, 1.54) is 0 Å². The van der Waals surface area contributed by atoms with Crippen LogP contribution in [-0.2, 0) is 4.79 Å². The lowest BCUT2D eigenvalue weighted by Crippen LogP contribution is -2.42. The van der Waals surface area contributed by atoms with Crippen molar-refractivity contribution in [2.24, 2.45) is 5.92 Å². The van der Waals surface area contributed by atoms with Crippen LogP contribution in [0.2, 0.25) is 0 Å². The van der Waals surface area contributed by atoms with Gasteiger partial charge >= 0.3 is 0 Å². The van der Waals surface area contributed by atoms with Crippen LogP contribution in [-0.4, -0.2) is 29.8 Å². The highest BCUT2D eigenvalue weighted by atomic mass is 16.1. The maximum Gasteiger partial charge on any atom is 0.150 e. The van der Waals surface area contributed by atoms with Crippen LogP contribution in [0.1, 0.15) is 26.2 Å². The van der Waals surface area contributed by atoms with Crippen LogP contribution in [0.15, 0.2) is 0 Å². The van der Waals surface area contributed by atoms with Crippen molar-refractivity contribution in [3.8, 4) is 0 Å². The van der Waals surface area contributed by atoms with Gasteiger partial charge in [0.05, 0.1) is 6.04 Å². The first-order valence-electron chi connectivity index (χ1n) is 4.45. The number of piperidine rings is 1. The predicted molar refractivity (Wildman–Crippen MR) is 43.4 cm³/mol. The maximum atomic E-state index is 11.4. The van der Waals surface area contributed by atoms with Crippen molar-refractivity contribution < 1.29 is 4.79 Å². The van der Waals surface area contributed by atoms with E-state index in [2.05, 4.69) is 18.9 Å². The molecule has 0 radical (unpaired) electrons. The van der Waals surface area contributed by atoms with Crippen LogP contribution < -0.4 is 0 Å². The smallest absolute Gasteiger partial charge is 0.150 e. The topological polar surface area (TPSA) is 20.3 Å². The lowest BCUT2D eigenvalue weighted by Gasteiger charge is -2.30. The van der Waals surface area contributed by atoms with E-state index < -0.39 is 0 Å². The first-order valence-corrected chi connectivity index (χ1v) is 4.45. The van der Waals surface area contributed by atoms with Gasteiger partial charge in [0.15, 0.2) is 0 Å². The van der Waals surface area contributed by atoms with Gasteiger partial charge in [-0.25, -0.2) is 0 Å². The van der Waals surface area contributed by atoms with E-state index in [1.54, 1.807) is 0 Å². The average Bonchev–Trinajstić information content (AvgIpc) is 2.12. The molecule has 2 heteroatoms. The Morgan fingerprint density at radius 2 is 2.27 bits per heavy atom. The Bertz CT molecular complexity index is 190. The molecule has 0 unspecified atom stereocenters. The summed E-state index contributed by atoms with van der Waals surface area (Å²) in [5, 5.41) is 0. The number of hydrogen-bond donors (Lipinski definition) is 0. The lowest BCUT2D eigenvalue weighted by molar-refractivity contribution is -0.125. The molecule has 2 fully saturated rings. The number of rotatable bonds is 0. The molecule has 2 bridgehead atoms. The van der Waals surface area contributed by atoms with Crippen LogP contribution in [0.4, 0.5) is 0 Å². The number of ketones is 1. The number of fused-ring (bicyclic) bond motifs is 2. The molecule has 2 saturated heterocycles. The SMILES string of the molecule is C[C@@H]1C[C@@H]2C(=O)CC[C@H]1N2C. The third-order valence-corrected chi connectivity index (χ3v) is 3.32. The van der Waals surface area contributed by atoms with Crippen molar-refractivity contribution >= 4 is 5.78 Å². The second-order valence-electron chi connectivity index (χ2n) is 3.97. The maximum absolute atomic E-state index is 11.4. The van der Waals surface area contributed by atoms with Crippen molar-refractivity contribution in [3.05, 3.63) is 0 Å². The fourth-order valence-electron chi connectivity index (χ4n) is 2.61. The summed E-state index contributed by atoms with van der Waals surface area (Å²) in [5.74, 6) is 1.20. The molecule has 11 heavy (non-hydrogen) atoms. The number of carbonyl (C=O) groups is 1. The molecule has 0 saturated carbocycles. The van der Waals surface area contributed by atoms with Crippen LogP contribution in [0.25, 0.3) is 0 Å². The Balaban J connectivity index is 2.23. The molecule has 2 nitrogen and oxygen atoms in total. The highest BCUT2D eigenvalue weighted by molar-refractivity contribution is 5.85. The van der Waals surface area contributed by atoms with E-state index in [0.29, 0.717) is 11.8 Å². The minimum absolute atomic E-state index is 0.267. The van der Waals surface area contributed by atoms with Gasteiger partial charge in [0.1, 0.15) is 5.78 Å². The Morgan fingerprint density at radius 3 is 2.91 bits per heavy atom. The summed E-state index contributed by atoms with van der Waals surface area (Å²) in [6, 6.07) is 0.960. The van der Waals surface area contributed by atoms with Gasteiger partial charge in [0.2, 0.25) is 0 Å². The van der Waals surface area contributed by atoms with Gasteiger partial charge < -0.3 is 0 Å². The Labute approximate surface area is 67.6 Å². The molecule has 0 spiro atoms. The van der Waals surface area contributed by atoms with Crippen molar-refractivity contribution in [1.82, 2.24) is 4.90 Å². The molecular formula is C9H15NO. The summed E-state index contributed by atoms with van der Waals surface area (Å²) in [6.45, 7) is 2.26. The van der Waals surface area contributed by atoms with Gasteiger partial charge in [-0.2, -0.15) is 0 Å². The summed E-state index contributed by atoms with van der Waals surface area (Å²) in [6.07, 6.45) is 3.01. The molecule has 2 aliphatic heterocycles. The largest absolute Gasteiger partial charge is 0.298 e. The van der Waals surface area contributed by atoms with Crippen LogP contribution >= 0.6 is 0 Å². The molecular weight excluding hydrogens is 138 g/mol. The normalized spacial score (nSPS) is 44.9. The quantitative estimate of drug-likeness (QED) is 0.518. The minimum Gasteiger partial charge on any atom is -0.298 e. The fourth-order valence-corrected chi connectivity index (χ4v) is 2.61. The first kappa shape index (κ1) is 7.29. The zero-order valence-corrected chi connectivity index (χ0v) is 7.21. The molecule has 0 aromatic rings. The molecule has 0 N–H and O–H groups in total. The van der Waals surface area contributed by atoms with E-state index in [9.17, 15) is 4.79 Å².